The van der Waals surface area contributed by atoms with E-state index in [9.17, 15) is 18.0 Å². The molecule has 0 aromatic carbocycles. The molecule has 0 spiro atoms. The van der Waals surface area contributed by atoms with Crippen LogP contribution in [0, 0.1) is 29.6 Å². The number of carbonyl (C=O) groups is 2. The van der Waals surface area contributed by atoms with Crippen LogP contribution in [0.25, 0.3) is 0 Å². The molecule has 2 fully saturated rings. The largest absolute Gasteiger partial charge is 0.381 e. The van der Waals surface area contributed by atoms with Gasteiger partial charge in [0.2, 0.25) is 21.8 Å². The van der Waals surface area contributed by atoms with Crippen LogP contribution < -0.4 is 10.9 Å². The van der Waals surface area contributed by atoms with Crippen LogP contribution in [0.2, 0.25) is 0 Å². The predicted octanol–water partition coefficient (Wildman–Crippen LogP) is 2.99. The Kier molecular flexibility index (Phi) is 13.1. The molecule has 10 nitrogen and oxygen atoms in total. The Labute approximate surface area is 217 Å². The lowest BCUT2D eigenvalue weighted by Gasteiger charge is -2.32. The van der Waals surface area contributed by atoms with Crippen LogP contribution in [0.5, 0.6) is 0 Å². The van der Waals surface area contributed by atoms with Gasteiger partial charge in [-0.25, -0.2) is 18.7 Å². The van der Waals surface area contributed by atoms with E-state index in [0.29, 0.717) is 45.0 Å². The fraction of sp³-hybridized carbons (Fsp3) is 0.920. The van der Waals surface area contributed by atoms with Gasteiger partial charge in [-0.2, -0.15) is 0 Å². The fourth-order valence-electron chi connectivity index (χ4n) is 4.73. The summed E-state index contributed by atoms with van der Waals surface area (Å²) in [5.74, 6) is -1.65. The molecule has 0 aromatic rings. The topological polar surface area (TPSA) is 123 Å². The van der Waals surface area contributed by atoms with Crippen molar-refractivity contribution in [1.82, 2.24) is 15.3 Å². The Balaban J connectivity index is 2.21. The van der Waals surface area contributed by atoms with Gasteiger partial charge in [-0.1, -0.05) is 27.7 Å². The van der Waals surface area contributed by atoms with Gasteiger partial charge in [0.1, 0.15) is 0 Å². The molecule has 2 amide bonds. The van der Waals surface area contributed by atoms with Gasteiger partial charge in [-0.3, -0.25) is 15.0 Å². The van der Waals surface area contributed by atoms with Crippen LogP contribution in [0.4, 0.5) is 0 Å². The average molecular weight is 534 g/mol. The molecule has 0 bridgehead atoms. The predicted molar refractivity (Wildman–Crippen MR) is 137 cm³/mol. The lowest BCUT2D eigenvalue weighted by molar-refractivity contribution is -0.203. The van der Waals surface area contributed by atoms with Gasteiger partial charge < -0.3 is 9.47 Å². The lowest BCUT2D eigenvalue weighted by Crippen LogP contribution is -2.52. The average Bonchev–Trinajstić information content (AvgIpc) is 2.82. The first kappa shape index (κ1) is 31.0. The van der Waals surface area contributed by atoms with Crippen molar-refractivity contribution in [3.05, 3.63) is 0 Å². The van der Waals surface area contributed by atoms with Crippen LogP contribution in [0.1, 0.15) is 79.1 Å². The lowest BCUT2D eigenvalue weighted by atomic mass is 9.79. The molecule has 0 aromatic heterocycles. The van der Waals surface area contributed by atoms with Gasteiger partial charge in [-0.15, -0.1) is 4.41 Å². The van der Waals surface area contributed by atoms with Gasteiger partial charge in [0.05, 0.1) is 18.1 Å². The molecule has 3 atom stereocenters. The molecule has 2 N–H and O–H groups in total. The summed E-state index contributed by atoms with van der Waals surface area (Å²) in [5, 5.41) is 0. The maximum absolute atomic E-state index is 13.5. The summed E-state index contributed by atoms with van der Waals surface area (Å²) in [4.78, 5) is 32.5. The van der Waals surface area contributed by atoms with Crippen LogP contribution in [0.15, 0.2) is 0 Å². The van der Waals surface area contributed by atoms with Crippen molar-refractivity contribution in [1.29, 1.82) is 0 Å². The molecule has 1 unspecified atom stereocenters. The van der Waals surface area contributed by atoms with Crippen molar-refractivity contribution in [2.45, 2.75) is 85.4 Å². The zero-order chi connectivity index (χ0) is 26.7. The van der Waals surface area contributed by atoms with E-state index in [4.69, 9.17) is 14.3 Å². The molecular weight excluding hydrogens is 486 g/mol. The number of nitrogens with one attached hydrogen (secondary N) is 2. The third-order valence-corrected chi connectivity index (χ3v) is 7.75. The number of hydrazine groups is 1. The van der Waals surface area contributed by atoms with E-state index in [2.05, 4.69) is 10.9 Å². The monoisotopic (exact) mass is 533 g/mol. The summed E-state index contributed by atoms with van der Waals surface area (Å²) < 4.78 is 36.7. The van der Waals surface area contributed by atoms with Crippen molar-refractivity contribution >= 4 is 21.8 Å². The number of hydrogen-bond acceptors (Lipinski definition) is 7. The molecular formula is C25H47N3O7S. The SMILES string of the molecule is CC(C)C[C@@H](C(=O)NN(CC(C)C)S(C)(=O)=O)[C@H](CCC1CCOCC1)C(=O)NOC1CCCCO1. The molecule has 2 aliphatic rings. The van der Waals surface area contributed by atoms with Crippen LogP contribution in [0.3, 0.4) is 0 Å². The molecule has 11 heteroatoms. The Morgan fingerprint density at radius 3 is 2.22 bits per heavy atom. The Hall–Kier alpha value is -1.27. The molecule has 0 radical (unpaired) electrons. The molecule has 0 aliphatic carbocycles. The third-order valence-electron chi connectivity index (χ3n) is 6.71. The van der Waals surface area contributed by atoms with Gasteiger partial charge in [0.25, 0.3) is 0 Å². The molecule has 2 saturated heterocycles. The van der Waals surface area contributed by atoms with Crippen molar-refractivity contribution in [3.63, 3.8) is 0 Å². The normalized spacial score (nSPS) is 21.5. The van der Waals surface area contributed by atoms with Gasteiger partial charge in [0, 0.05) is 32.8 Å². The van der Waals surface area contributed by atoms with E-state index in [1.807, 2.05) is 27.7 Å². The van der Waals surface area contributed by atoms with E-state index in [0.717, 1.165) is 42.8 Å². The standard InChI is InChI=1S/C25H47N3O7S/c1-18(2)16-22(24(29)26-28(17-19(3)4)36(5,31)32)21(10-9-20-11-14-33-15-12-20)25(30)27-35-23-8-6-7-13-34-23/h18-23H,6-17H2,1-5H3,(H,26,29)(H,27,30)/t21-,22+,23?/m0/s1. The van der Waals surface area contributed by atoms with Crippen molar-refractivity contribution in [2.24, 2.45) is 29.6 Å². The highest BCUT2D eigenvalue weighted by atomic mass is 32.2. The van der Waals surface area contributed by atoms with Crippen LogP contribution in [-0.2, 0) is 33.9 Å². The molecule has 36 heavy (non-hydrogen) atoms. The Morgan fingerprint density at radius 1 is 0.972 bits per heavy atom. The Bertz CT molecular complexity index is 779. The number of hydrogen-bond donors (Lipinski definition) is 2. The van der Waals surface area contributed by atoms with Gasteiger partial charge in [0.15, 0.2) is 6.29 Å². The molecule has 0 saturated carbocycles. The number of sulfonamides is 1. The van der Waals surface area contributed by atoms with E-state index < -0.39 is 34.1 Å². The third kappa shape index (κ3) is 11.0. The second kappa shape index (κ2) is 15.2. The van der Waals surface area contributed by atoms with E-state index >= 15 is 0 Å². The minimum Gasteiger partial charge on any atom is -0.381 e. The highest BCUT2D eigenvalue weighted by Gasteiger charge is 2.37. The summed E-state index contributed by atoms with van der Waals surface area (Å²) in [7, 11) is -3.67. The fourth-order valence-corrected chi connectivity index (χ4v) is 5.56. The minimum absolute atomic E-state index is 0.0140. The summed E-state index contributed by atoms with van der Waals surface area (Å²) in [6, 6.07) is 0. The summed E-state index contributed by atoms with van der Waals surface area (Å²) in [6.07, 6.45) is 6.77. The Morgan fingerprint density at radius 2 is 1.67 bits per heavy atom. The zero-order valence-corrected chi connectivity index (χ0v) is 23.5. The summed E-state index contributed by atoms with van der Waals surface area (Å²) in [6.45, 7) is 9.89. The zero-order valence-electron chi connectivity index (χ0n) is 22.7. The number of carbonyl (C=O) groups excluding carboxylic acids is 2. The molecule has 210 valence electrons. The number of amides is 2. The van der Waals surface area contributed by atoms with Crippen LogP contribution in [-0.4, -0.2) is 63.6 Å². The van der Waals surface area contributed by atoms with Gasteiger partial charge >= 0.3 is 0 Å². The van der Waals surface area contributed by atoms with Crippen molar-refractivity contribution in [2.75, 3.05) is 32.6 Å². The maximum atomic E-state index is 13.5. The van der Waals surface area contributed by atoms with E-state index in [1.54, 1.807) is 0 Å². The number of hydroxylamine groups is 1. The van der Waals surface area contributed by atoms with Gasteiger partial charge in [-0.05, 0) is 62.7 Å². The summed E-state index contributed by atoms with van der Waals surface area (Å²) >= 11 is 0. The number of ether oxygens (including phenoxy) is 2. The first-order valence-electron chi connectivity index (χ1n) is 13.4. The number of rotatable bonds is 14. The van der Waals surface area contributed by atoms with Crippen molar-refractivity contribution < 1.29 is 32.3 Å². The second-order valence-corrected chi connectivity index (χ2v) is 12.9. The molecule has 2 heterocycles. The van der Waals surface area contributed by atoms with E-state index in [-0.39, 0.29) is 24.3 Å². The molecule has 2 rings (SSSR count). The molecule has 2 aliphatic heterocycles. The van der Waals surface area contributed by atoms with Crippen LogP contribution >= 0.6 is 0 Å². The first-order valence-corrected chi connectivity index (χ1v) is 15.2. The van der Waals surface area contributed by atoms with E-state index in [1.165, 1.54) is 0 Å². The summed E-state index contributed by atoms with van der Waals surface area (Å²) in [5.41, 5.74) is 5.18. The maximum Gasteiger partial charge on any atom is 0.247 e. The first-order chi connectivity index (χ1) is 17.0. The highest BCUT2D eigenvalue weighted by Crippen LogP contribution is 2.30. The number of nitrogens with zero attached hydrogens (tertiary/aromatic N) is 1. The highest BCUT2D eigenvalue weighted by molar-refractivity contribution is 7.88. The quantitative estimate of drug-likeness (QED) is 0.329. The van der Waals surface area contributed by atoms with Crippen molar-refractivity contribution in [3.8, 4) is 0 Å². The second-order valence-electron chi connectivity index (χ2n) is 11.0. The smallest absolute Gasteiger partial charge is 0.247 e. The minimum atomic E-state index is -3.67.